The van der Waals surface area contributed by atoms with Gasteiger partial charge in [-0.2, -0.15) is 0 Å². The lowest BCUT2D eigenvalue weighted by Gasteiger charge is -2.21. The van der Waals surface area contributed by atoms with Gasteiger partial charge in [0.05, 0.1) is 0 Å². The van der Waals surface area contributed by atoms with Crippen molar-refractivity contribution in [2.75, 3.05) is 57.3 Å². The largest absolute Gasteiger partial charge is 0.354 e. The summed E-state index contributed by atoms with van der Waals surface area (Å²) in [6.45, 7) is 5.29. The molecule has 13 heteroatoms. The van der Waals surface area contributed by atoms with Crippen molar-refractivity contribution in [3.63, 3.8) is 0 Å². The van der Waals surface area contributed by atoms with E-state index in [1.54, 1.807) is 0 Å². The molecule has 9 nitrogen and oxygen atoms in total. The lowest BCUT2D eigenvalue weighted by atomic mass is 10.3. The van der Waals surface area contributed by atoms with Crippen LogP contribution < -0.4 is 21.3 Å². The smallest absolute Gasteiger partial charge is 0.221 e. The van der Waals surface area contributed by atoms with Crippen LogP contribution in [0.2, 0.25) is 0 Å². The van der Waals surface area contributed by atoms with E-state index in [9.17, 15) is 19.2 Å². The van der Waals surface area contributed by atoms with Crippen molar-refractivity contribution in [1.29, 1.82) is 0 Å². The van der Waals surface area contributed by atoms with E-state index in [0.717, 1.165) is 13.0 Å². The van der Waals surface area contributed by atoms with Gasteiger partial charge in [0.1, 0.15) is 0 Å². The van der Waals surface area contributed by atoms with Crippen LogP contribution in [-0.4, -0.2) is 85.8 Å². The molecule has 0 radical (unpaired) electrons. The number of carbonyl (C=O) groups is 4. The summed E-state index contributed by atoms with van der Waals surface area (Å²) in [7, 11) is -1.34. The SMILES string of the molecule is C#S(=S)CCC(=O)NCCNC(=O)CCN(CCC)CCC(=O)NCCNC(=O)CCS(#C)=S. The van der Waals surface area contributed by atoms with Crippen molar-refractivity contribution in [2.45, 2.75) is 39.0 Å². The maximum atomic E-state index is 12.1. The molecule has 4 N–H and O–H groups in total. The minimum absolute atomic E-state index is 0.109. The molecule has 0 fully saturated rings. The van der Waals surface area contributed by atoms with Gasteiger partial charge in [0.25, 0.3) is 0 Å². The number of nitrogens with one attached hydrogen (secondary N) is 4. The van der Waals surface area contributed by atoms with Crippen molar-refractivity contribution in [1.82, 2.24) is 26.2 Å². The van der Waals surface area contributed by atoms with Crippen LogP contribution in [0.25, 0.3) is 0 Å². The quantitative estimate of drug-likeness (QED) is 0.162. The molecule has 0 bridgehead atoms. The highest BCUT2D eigenvalue weighted by Gasteiger charge is 2.10. The molecule has 0 aliphatic carbocycles. The molecule has 0 aliphatic rings. The number of hydrogen-bond donors (Lipinski definition) is 4. The van der Waals surface area contributed by atoms with Gasteiger partial charge in [-0.1, -0.05) is 6.92 Å². The average molecular weight is 552 g/mol. The number of carbonyl (C=O) groups excluding carboxylic acids is 4. The molecule has 0 heterocycles. The van der Waals surface area contributed by atoms with Crippen LogP contribution in [0.4, 0.5) is 0 Å². The molecule has 34 heavy (non-hydrogen) atoms. The molecule has 0 aromatic carbocycles. The number of rotatable bonds is 18. The highest BCUT2D eigenvalue weighted by atomic mass is 32.8. The molecule has 0 aromatic rings. The number of hydrogen-bond acceptors (Lipinski definition) is 7. The summed E-state index contributed by atoms with van der Waals surface area (Å²) in [6, 6.07) is 0. The van der Waals surface area contributed by atoms with Crippen molar-refractivity contribution < 1.29 is 19.2 Å². The Bertz CT molecular complexity index is 845. The van der Waals surface area contributed by atoms with E-state index in [1.165, 1.54) is 0 Å². The Hall–Kier alpha value is -1.72. The molecular weight excluding hydrogens is 515 g/mol. The molecule has 0 rings (SSSR count). The van der Waals surface area contributed by atoms with E-state index in [4.69, 9.17) is 33.8 Å². The van der Waals surface area contributed by atoms with Gasteiger partial charge >= 0.3 is 0 Å². The van der Waals surface area contributed by atoms with Crippen molar-refractivity contribution in [3.8, 4) is 11.4 Å². The van der Waals surface area contributed by atoms with Crippen LogP contribution in [0.1, 0.15) is 39.0 Å². The maximum Gasteiger partial charge on any atom is 0.221 e. The van der Waals surface area contributed by atoms with Gasteiger partial charge < -0.3 is 26.2 Å². The minimum Gasteiger partial charge on any atom is -0.354 e. The van der Waals surface area contributed by atoms with Crippen LogP contribution in [-0.2, 0) is 59.3 Å². The first-order valence-corrected chi connectivity index (χ1v) is 15.9. The van der Waals surface area contributed by atoms with Gasteiger partial charge in [-0.05, 0) is 35.3 Å². The van der Waals surface area contributed by atoms with Gasteiger partial charge in [-0.25, -0.2) is 0 Å². The fourth-order valence-electron chi connectivity index (χ4n) is 2.72. The van der Waals surface area contributed by atoms with E-state index in [1.807, 2.05) is 6.92 Å². The van der Waals surface area contributed by atoms with Crippen molar-refractivity contribution >= 4 is 63.7 Å². The normalized spacial score (nSPS) is 10.4. The van der Waals surface area contributed by atoms with Gasteiger partial charge in [0.2, 0.25) is 23.6 Å². The molecular formula is C21H37N5O4S4. The zero-order valence-corrected chi connectivity index (χ0v) is 23.0. The molecule has 0 spiro atoms. The van der Waals surface area contributed by atoms with Crippen LogP contribution in [0.5, 0.6) is 0 Å². The predicted molar refractivity (Wildman–Crippen MR) is 146 cm³/mol. The molecule has 0 saturated heterocycles. The molecule has 4 amide bonds. The number of nitrogens with zero attached hydrogens (tertiary/aromatic N) is 1. The summed E-state index contributed by atoms with van der Waals surface area (Å²) in [5, 5.41) is 11.0. The average Bonchev–Trinajstić information content (AvgIpc) is 2.78. The highest BCUT2D eigenvalue weighted by Crippen LogP contribution is 1.97. The highest BCUT2D eigenvalue weighted by molar-refractivity contribution is 8.22. The monoisotopic (exact) mass is 551 g/mol. The first-order chi connectivity index (χ1) is 16.1. The fourth-order valence-corrected chi connectivity index (χ4v) is 3.99. The summed E-state index contributed by atoms with van der Waals surface area (Å²) in [5.74, 6) is 0.468. The summed E-state index contributed by atoms with van der Waals surface area (Å²) in [5.41, 5.74) is 10.9. The van der Waals surface area contributed by atoms with E-state index < -0.39 is 17.7 Å². The van der Waals surface area contributed by atoms with Crippen molar-refractivity contribution in [2.24, 2.45) is 0 Å². The van der Waals surface area contributed by atoms with Crippen LogP contribution in [0, 0.1) is 11.4 Å². The standard InChI is InChI=1S/C21H37N5O4S4/c1-4-13-26(14-5-18(27)22-9-11-24-20(29)7-16-33(2)31)15-6-19(28)23-10-12-25-21(30)8-17-34(3)32/h2-3H,4-17H2,1H3,(H,22,27)(H,23,28)(H,24,29)(H,25,30). The summed E-state index contributed by atoms with van der Waals surface area (Å²) < 4.78 is 0. The van der Waals surface area contributed by atoms with Crippen LogP contribution in [0.3, 0.4) is 0 Å². The van der Waals surface area contributed by atoms with Gasteiger partial charge in [-0.3, -0.25) is 19.2 Å². The second-order valence-electron chi connectivity index (χ2n) is 7.41. The lowest BCUT2D eigenvalue weighted by Crippen LogP contribution is -2.38. The van der Waals surface area contributed by atoms with E-state index >= 15 is 0 Å². The van der Waals surface area contributed by atoms with E-state index in [2.05, 4.69) is 26.2 Å². The summed E-state index contributed by atoms with van der Waals surface area (Å²) in [6.07, 6.45) is 2.10. The lowest BCUT2D eigenvalue weighted by molar-refractivity contribution is -0.123. The molecule has 0 aromatic heterocycles. The fraction of sp³-hybridized carbons (Fsp3) is 0.714. The van der Waals surface area contributed by atoms with E-state index in [0.29, 0.717) is 63.6 Å². The Morgan fingerprint density at radius 3 is 1.26 bits per heavy atom. The molecule has 0 aliphatic heterocycles. The second kappa shape index (κ2) is 20.6. The number of amides is 4. The maximum absolute atomic E-state index is 12.1. The molecule has 0 unspecified atom stereocenters. The Morgan fingerprint density at radius 2 is 0.971 bits per heavy atom. The Morgan fingerprint density at radius 1 is 0.647 bits per heavy atom. The third-order valence-electron chi connectivity index (χ3n) is 4.45. The molecule has 194 valence electrons. The van der Waals surface area contributed by atoms with Gasteiger partial charge in [0.15, 0.2) is 0 Å². The minimum atomic E-state index is -0.670. The first kappa shape index (κ1) is 32.3. The van der Waals surface area contributed by atoms with Crippen LogP contribution in [0.15, 0.2) is 0 Å². The first-order valence-electron chi connectivity index (χ1n) is 11.2. The van der Waals surface area contributed by atoms with Crippen molar-refractivity contribution in [3.05, 3.63) is 0 Å². The molecule has 0 atom stereocenters. The molecule has 0 saturated carbocycles. The van der Waals surface area contributed by atoms with E-state index in [-0.39, 0.29) is 36.5 Å². The Labute approximate surface area is 216 Å². The topological polar surface area (TPSA) is 120 Å². The van der Waals surface area contributed by atoms with Crippen LogP contribution >= 0.6 is 0 Å². The Balaban J connectivity index is 4.00. The second-order valence-corrected chi connectivity index (χ2v) is 12.3. The third-order valence-corrected chi connectivity index (χ3v) is 6.66. The summed E-state index contributed by atoms with van der Waals surface area (Å²) >= 11 is 9.68. The van der Waals surface area contributed by atoms with Gasteiger partial charge in [0, 0.05) is 76.5 Å². The summed E-state index contributed by atoms with van der Waals surface area (Å²) in [4.78, 5) is 49.3. The van der Waals surface area contributed by atoms with Gasteiger partial charge in [-0.15, -0.1) is 29.1 Å². The predicted octanol–water partition coefficient (Wildman–Crippen LogP) is -0.938. The Kier molecular flexibility index (Phi) is 19.6. The third kappa shape index (κ3) is 20.9. The zero-order chi connectivity index (χ0) is 25.8. The zero-order valence-electron chi connectivity index (χ0n) is 19.8.